The van der Waals surface area contributed by atoms with E-state index in [-0.39, 0.29) is 33.8 Å². The fourth-order valence-electron chi connectivity index (χ4n) is 3.48. The van der Waals surface area contributed by atoms with E-state index in [2.05, 4.69) is 5.18 Å². The highest BCUT2D eigenvalue weighted by molar-refractivity contribution is 5.97. The van der Waals surface area contributed by atoms with Crippen LogP contribution in [0.2, 0.25) is 0 Å². The van der Waals surface area contributed by atoms with E-state index in [9.17, 15) is 28.1 Å². The number of carbonyl (C=O) groups is 1. The molecular formula is C21H14F3N5O2. The molecule has 7 nitrogen and oxygen atoms in total. The lowest BCUT2D eigenvalue weighted by Gasteiger charge is -2.40. The van der Waals surface area contributed by atoms with Crippen molar-refractivity contribution in [2.45, 2.75) is 19.1 Å². The Labute approximate surface area is 175 Å². The van der Waals surface area contributed by atoms with Crippen LogP contribution in [-0.2, 0) is 6.18 Å². The number of allylic oxidation sites excluding steroid dienone is 1. The van der Waals surface area contributed by atoms with Crippen LogP contribution in [0.5, 0.6) is 0 Å². The monoisotopic (exact) mass is 425 g/mol. The van der Waals surface area contributed by atoms with Gasteiger partial charge in [-0.2, -0.15) is 23.7 Å². The molecule has 0 bridgehead atoms. The number of halogens is 3. The van der Waals surface area contributed by atoms with Crippen molar-refractivity contribution >= 4 is 17.4 Å². The molecule has 1 heterocycles. The summed E-state index contributed by atoms with van der Waals surface area (Å²) < 4.78 is 39.4. The van der Waals surface area contributed by atoms with Crippen molar-refractivity contribution in [2.24, 2.45) is 5.18 Å². The number of urea groups is 1. The fraction of sp³-hybridized carbons (Fsp3) is 0.190. The summed E-state index contributed by atoms with van der Waals surface area (Å²) in [6, 6.07) is 10.5. The van der Waals surface area contributed by atoms with Gasteiger partial charge in [0.05, 0.1) is 40.6 Å². The zero-order chi connectivity index (χ0) is 22.9. The van der Waals surface area contributed by atoms with Gasteiger partial charge in [-0.3, -0.25) is 4.90 Å². The van der Waals surface area contributed by atoms with Crippen molar-refractivity contribution in [2.75, 3.05) is 11.9 Å². The molecule has 10 heteroatoms. The second-order valence-electron chi connectivity index (χ2n) is 6.77. The van der Waals surface area contributed by atoms with Gasteiger partial charge < -0.3 is 4.90 Å². The first-order valence-corrected chi connectivity index (χ1v) is 8.86. The van der Waals surface area contributed by atoms with Crippen LogP contribution in [0.1, 0.15) is 29.7 Å². The molecule has 0 unspecified atom stereocenters. The Kier molecular flexibility index (Phi) is 5.50. The summed E-state index contributed by atoms with van der Waals surface area (Å²) in [5.41, 5.74) is -0.531. The molecule has 1 atom stereocenters. The second kappa shape index (κ2) is 7.92. The molecule has 0 saturated heterocycles. The number of carbonyl (C=O) groups excluding carboxylic acids is 1. The minimum absolute atomic E-state index is 0.0501. The number of hydrogen-bond donors (Lipinski definition) is 0. The Hall–Kier alpha value is -4.18. The molecule has 0 N–H and O–H groups in total. The average molecular weight is 425 g/mol. The van der Waals surface area contributed by atoms with Crippen molar-refractivity contribution < 1.29 is 18.0 Å². The molecule has 0 fully saturated rings. The van der Waals surface area contributed by atoms with Gasteiger partial charge in [0.1, 0.15) is 5.69 Å². The van der Waals surface area contributed by atoms with E-state index in [1.165, 1.54) is 44.3 Å². The van der Waals surface area contributed by atoms with E-state index >= 15 is 0 Å². The highest BCUT2D eigenvalue weighted by atomic mass is 19.4. The van der Waals surface area contributed by atoms with Crippen LogP contribution < -0.4 is 4.90 Å². The lowest BCUT2D eigenvalue weighted by molar-refractivity contribution is -0.137. The summed E-state index contributed by atoms with van der Waals surface area (Å²) in [5, 5.41) is 21.7. The Morgan fingerprint density at radius 3 is 2.39 bits per heavy atom. The van der Waals surface area contributed by atoms with Gasteiger partial charge in [0.2, 0.25) is 0 Å². The zero-order valence-electron chi connectivity index (χ0n) is 16.3. The molecule has 2 aromatic carbocycles. The number of likely N-dealkylation sites (N-methyl/N-ethyl adjacent to an activating group) is 1. The maximum Gasteiger partial charge on any atom is 0.416 e. The van der Waals surface area contributed by atoms with E-state index in [1.54, 1.807) is 0 Å². The maximum atomic E-state index is 13.1. The number of rotatable bonds is 3. The predicted molar refractivity (Wildman–Crippen MR) is 105 cm³/mol. The predicted octanol–water partition coefficient (Wildman–Crippen LogP) is 5.39. The average Bonchev–Trinajstić information content (AvgIpc) is 2.75. The first-order chi connectivity index (χ1) is 14.6. The Morgan fingerprint density at radius 2 is 1.81 bits per heavy atom. The summed E-state index contributed by atoms with van der Waals surface area (Å²) in [5.74, 6) is 0. The van der Waals surface area contributed by atoms with Gasteiger partial charge in [-0.15, -0.1) is 4.91 Å². The third-order valence-electron chi connectivity index (χ3n) is 4.98. The van der Waals surface area contributed by atoms with Crippen molar-refractivity contribution in [3.63, 3.8) is 0 Å². The minimum Gasteiger partial charge on any atom is -0.315 e. The molecule has 1 aliphatic heterocycles. The quantitative estimate of drug-likeness (QED) is 0.616. The molecule has 3 rings (SSSR count). The molecule has 2 aromatic rings. The van der Waals surface area contributed by atoms with Gasteiger partial charge in [0.25, 0.3) is 0 Å². The smallest absolute Gasteiger partial charge is 0.315 e. The maximum absolute atomic E-state index is 13.1. The molecule has 156 valence electrons. The van der Waals surface area contributed by atoms with Gasteiger partial charge in [-0.05, 0) is 42.4 Å². The Morgan fingerprint density at radius 1 is 1.10 bits per heavy atom. The van der Waals surface area contributed by atoms with Crippen LogP contribution in [0, 0.1) is 27.6 Å². The Balaban J connectivity index is 2.19. The van der Waals surface area contributed by atoms with Crippen molar-refractivity contribution in [3.05, 3.63) is 75.3 Å². The first kappa shape index (κ1) is 21.5. The number of hydrogen-bond acceptors (Lipinski definition) is 5. The van der Waals surface area contributed by atoms with Crippen LogP contribution in [0.25, 0.3) is 0 Å². The highest BCUT2D eigenvalue weighted by Gasteiger charge is 2.40. The molecule has 0 radical (unpaired) electrons. The standard InChI is InChI=1S/C21H14F3N5O2/c1-12-17(11-26)19(16-7-6-13(10-25)8-18(16)27-31)28(2)20(30)29(12)15-5-3-4-14(9-15)21(22,23)24/h3-9,19H,1-2H3/t19-/m1/s1. The van der Waals surface area contributed by atoms with Crippen LogP contribution >= 0.6 is 0 Å². The van der Waals surface area contributed by atoms with Crippen molar-refractivity contribution in [1.82, 2.24) is 4.90 Å². The van der Waals surface area contributed by atoms with E-state index in [0.29, 0.717) is 0 Å². The molecule has 31 heavy (non-hydrogen) atoms. The summed E-state index contributed by atoms with van der Waals surface area (Å²) in [4.78, 5) is 26.6. The third-order valence-corrected chi connectivity index (χ3v) is 4.98. The van der Waals surface area contributed by atoms with Crippen molar-refractivity contribution in [3.8, 4) is 12.1 Å². The number of nitriles is 2. The summed E-state index contributed by atoms with van der Waals surface area (Å²) >= 11 is 0. The lowest BCUT2D eigenvalue weighted by Crippen LogP contribution is -2.47. The summed E-state index contributed by atoms with van der Waals surface area (Å²) in [6.45, 7) is 1.44. The molecule has 0 aliphatic carbocycles. The van der Waals surface area contributed by atoms with Crippen LogP contribution in [0.15, 0.2) is 58.9 Å². The molecule has 0 spiro atoms. The SMILES string of the molecule is CC1=C(C#N)[C@@H](c2ccc(C#N)cc2N=O)N(C)C(=O)N1c1cccc(C(F)(F)F)c1. The topological polar surface area (TPSA) is 101 Å². The van der Waals surface area contributed by atoms with Crippen LogP contribution in [-0.4, -0.2) is 18.0 Å². The number of anilines is 1. The van der Waals surface area contributed by atoms with E-state index in [1.807, 2.05) is 12.1 Å². The van der Waals surface area contributed by atoms with Gasteiger partial charge in [-0.1, -0.05) is 12.1 Å². The molecule has 0 saturated carbocycles. The molecule has 1 aliphatic rings. The summed E-state index contributed by atoms with van der Waals surface area (Å²) in [7, 11) is 1.37. The number of benzene rings is 2. The van der Waals surface area contributed by atoms with Crippen LogP contribution in [0.3, 0.4) is 0 Å². The molecular weight excluding hydrogens is 411 g/mol. The van der Waals surface area contributed by atoms with Gasteiger partial charge in [-0.25, -0.2) is 4.79 Å². The molecule has 0 aromatic heterocycles. The van der Waals surface area contributed by atoms with Crippen molar-refractivity contribution in [1.29, 1.82) is 10.5 Å². The van der Waals surface area contributed by atoms with Gasteiger partial charge in [0.15, 0.2) is 0 Å². The second-order valence-corrected chi connectivity index (χ2v) is 6.77. The van der Waals surface area contributed by atoms with Gasteiger partial charge in [0, 0.05) is 18.3 Å². The fourth-order valence-corrected chi connectivity index (χ4v) is 3.48. The largest absolute Gasteiger partial charge is 0.416 e. The third kappa shape index (κ3) is 3.71. The number of alkyl halides is 3. The van der Waals surface area contributed by atoms with Crippen LogP contribution in [0.4, 0.5) is 29.3 Å². The summed E-state index contributed by atoms with van der Waals surface area (Å²) in [6.07, 6.45) is -4.61. The van der Waals surface area contributed by atoms with E-state index in [0.717, 1.165) is 21.9 Å². The van der Waals surface area contributed by atoms with Gasteiger partial charge >= 0.3 is 12.2 Å². The van der Waals surface area contributed by atoms with E-state index in [4.69, 9.17) is 5.26 Å². The lowest BCUT2D eigenvalue weighted by atomic mass is 9.92. The number of nitroso groups, excluding NO2 is 1. The number of amides is 2. The number of nitrogens with zero attached hydrogens (tertiary/aromatic N) is 5. The first-order valence-electron chi connectivity index (χ1n) is 8.86. The highest BCUT2D eigenvalue weighted by Crippen LogP contribution is 2.42. The minimum atomic E-state index is -4.61. The Bertz CT molecular complexity index is 1190. The van der Waals surface area contributed by atoms with E-state index < -0.39 is 23.8 Å². The zero-order valence-corrected chi connectivity index (χ0v) is 16.3. The molecule has 2 amide bonds. The normalized spacial score (nSPS) is 16.7.